The van der Waals surface area contributed by atoms with Gasteiger partial charge in [-0.05, 0) is 0 Å². The summed E-state index contributed by atoms with van der Waals surface area (Å²) in [6, 6.07) is 0. The van der Waals surface area contributed by atoms with E-state index in [1.54, 1.807) is 0 Å². The molecule has 4 nitrogen and oxygen atoms in total. The zero-order valence-corrected chi connectivity index (χ0v) is 5.50. The van der Waals surface area contributed by atoms with E-state index in [2.05, 4.69) is 11.6 Å². The molecule has 54 valence electrons. The van der Waals surface area contributed by atoms with E-state index in [-0.39, 0.29) is 6.54 Å². The highest BCUT2D eigenvalue weighted by Gasteiger charge is 2.01. The first-order valence-electron chi connectivity index (χ1n) is 2.83. The van der Waals surface area contributed by atoms with E-state index in [0.29, 0.717) is 17.3 Å². The molecule has 4 heteroatoms. The van der Waals surface area contributed by atoms with Crippen LogP contribution in [0.1, 0.15) is 11.6 Å². The van der Waals surface area contributed by atoms with Crippen molar-refractivity contribution in [2.24, 2.45) is 11.5 Å². The summed E-state index contributed by atoms with van der Waals surface area (Å²) in [5.41, 5.74) is 11.5. The maximum absolute atomic E-state index is 5.32. The van der Waals surface area contributed by atoms with Crippen LogP contribution in [0.15, 0.2) is 17.3 Å². The minimum atomic E-state index is 0.285. The van der Waals surface area contributed by atoms with Crippen LogP contribution in [0.4, 0.5) is 0 Å². The van der Waals surface area contributed by atoms with Crippen LogP contribution in [0.2, 0.25) is 0 Å². The van der Waals surface area contributed by atoms with Crippen molar-refractivity contribution < 1.29 is 4.42 Å². The molecule has 0 aromatic carbocycles. The molecule has 0 bridgehead atoms. The van der Waals surface area contributed by atoms with Gasteiger partial charge >= 0.3 is 0 Å². The normalized spacial score (nSPS) is 9.70. The van der Waals surface area contributed by atoms with Crippen molar-refractivity contribution in [3.8, 4) is 0 Å². The molecule has 0 spiro atoms. The summed E-state index contributed by atoms with van der Waals surface area (Å²) in [5, 5.41) is 0. The van der Waals surface area contributed by atoms with Gasteiger partial charge in [-0.3, -0.25) is 0 Å². The lowest BCUT2D eigenvalue weighted by atomic mass is 10.4. The van der Waals surface area contributed by atoms with E-state index in [1.165, 1.54) is 6.26 Å². The second-order valence-corrected chi connectivity index (χ2v) is 1.86. The van der Waals surface area contributed by atoms with E-state index in [9.17, 15) is 0 Å². The fourth-order valence-electron chi connectivity index (χ4n) is 0.552. The van der Waals surface area contributed by atoms with E-state index in [1.807, 2.05) is 0 Å². The van der Waals surface area contributed by atoms with Crippen molar-refractivity contribution in [1.82, 2.24) is 4.98 Å². The topological polar surface area (TPSA) is 78.1 Å². The smallest absolute Gasteiger partial charge is 0.208 e. The van der Waals surface area contributed by atoms with Gasteiger partial charge in [-0.25, -0.2) is 4.98 Å². The average Bonchev–Trinajstić information content (AvgIpc) is 2.34. The first-order chi connectivity index (χ1) is 4.74. The molecule has 0 unspecified atom stereocenters. The van der Waals surface area contributed by atoms with Crippen LogP contribution in [-0.4, -0.2) is 4.98 Å². The van der Waals surface area contributed by atoms with Gasteiger partial charge in [0.2, 0.25) is 5.89 Å². The Kier molecular flexibility index (Phi) is 1.73. The molecular weight excluding hydrogens is 130 g/mol. The molecule has 4 N–H and O–H groups in total. The molecule has 0 saturated carbocycles. The van der Waals surface area contributed by atoms with Crippen molar-refractivity contribution in [3.63, 3.8) is 0 Å². The van der Waals surface area contributed by atoms with Gasteiger partial charge in [-0.1, -0.05) is 6.58 Å². The molecule has 0 fully saturated rings. The van der Waals surface area contributed by atoms with Crippen molar-refractivity contribution >= 4 is 5.70 Å². The number of hydrogen-bond donors (Lipinski definition) is 2. The zero-order valence-electron chi connectivity index (χ0n) is 5.50. The molecule has 0 amide bonds. The summed E-state index contributed by atoms with van der Waals surface area (Å²) in [6.45, 7) is 3.77. The van der Waals surface area contributed by atoms with Gasteiger partial charge < -0.3 is 15.9 Å². The molecule has 1 rings (SSSR count). The zero-order chi connectivity index (χ0) is 7.56. The van der Waals surface area contributed by atoms with E-state index in [4.69, 9.17) is 15.9 Å². The fourth-order valence-corrected chi connectivity index (χ4v) is 0.552. The lowest BCUT2D eigenvalue weighted by Gasteiger charge is -1.86. The van der Waals surface area contributed by atoms with Crippen LogP contribution in [-0.2, 0) is 6.54 Å². The summed E-state index contributed by atoms with van der Waals surface area (Å²) in [7, 11) is 0. The number of nitrogens with zero attached hydrogens (tertiary/aromatic N) is 1. The highest BCUT2D eigenvalue weighted by atomic mass is 16.3. The van der Waals surface area contributed by atoms with Crippen LogP contribution in [0.3, 0.4) is 0 Å². The molecule has 0 aliphatic carbocycles. The maximum atomic E-state index is 5.32. The van der Waals surface area contributed by atoms with Gasteiger partial charge in [0.1, 0.15) is 12.0 Å². The summed E-state index contributed by atoms with van der Waals surface area (Å²) in [6.07, 6.45) is 1.44. The van der Waals surface area contributed by atoms with E-state index in [0.717, 1.165) is 0 Å². The number of aromatic nitrogens is 1. The highest BCUT2D eigenvalue weighted by Crippen LogP contribution is 2.05. The second-order valence-electron chi connectivity index (χ2n) is 1.86. The van der Waals surface area contributed by atoms with Crippen molar-refractivity contribution in [3.05, 3.63) is 24.4 Å². The Hall–Kier alpha value is -1.29. The summed E-state index contributed by atoms with van der Waals surface area (Å²) >= 11 is 0. The molecule has 10 heavy (non-hydrogen) atoms. The van der Waals surface area contributed by atoms with Gasteiger partial charge in [0, 0.05) is 0 Å². The van der Waals surface area contributed by atoms with Gasteiger partial charge in [-0.2, -0.15) is 0 Å². The Balaban J connectivity index is 2.88. The first kappa shape index (κ1) is 6.82. The molecule has 0 atom stereocenters. The van der Waals surface area contributed by atoms with Crippen molar-refractivity contribution in [1.29, 1.82) is 0 Å². The van der Waals surface area contributed by atoms with Crippen LogP contribution in [0.5, 0.6) is 0 Å². The minimum absolute atomic E-state index is 0.285. The number of nitrogens with two attached hydrogens (primary N) is 2. The Labute approximate surface area is 58.5 Å². The third-order valence-corrected chi connectivity index (χ3v) is 1.06. The van der Waals surface area contributed by atoms with Crippen molar-refractivity contribution in [2.45, 2.75) is 6.54 Å². The molecule has 0 radical (unpaired) electrons. The molecule has 0 aliphatic rings. The van der Waals surface area contributed by atoms with E-state index >= 15 is 0 Å². The molecule has 1 heterocycles. The third-order valence-electron chi connectivity index (χ3n) is 1.06. The Morgan fingerprint density at radius 1 is 1.80 bits per heavy atom. The predicted molar refractivity (Wildman–Crippen MR) is 37.6 cm³/mol. The molecule has 0 aliphatic heterocycles. The molecular formula is C6H9N3O. The Morgan fingerprint density at radius 3 is 2.80 bits per heavy atom. The summed E-state index contributed by atoms with van der Waals surface area (Å²) in [5.74, 6) is 0.474. The molecule has 0 saturated heterocycles. The van der Waals surface area contributed by atoms with Gasteiger partial charge in [0.05, 0.1) is 12.2 Å². The van der Waals surface area contributed by atoms with Crippen LogP contribution < -0.4 is 11.5 Å². The number of oxazole rings is 1. The van der Waals surface area contributed by atoms with E-state index < -0.39 is 0 Å². The second kappa shape index (κ2) is 2.53. The minimum Gasteiger partial charge on any atom is -0.447 e. The van der Waals surface area contributed by atoms with Crippen LogP contribution >= 0.6 is 0 Å². The lowest BCUT2D eigenvalue weighted by Crippen LogP contribution is -1.98. The standard InChI is InChI=1S/C6H9N3O/c1-4(8)5-3-10-6(2-7)9-5/h3H,1-2,7-8H2. The quantitative estimate of drug-likeness (QED) is 0.607. The number of rotatable bonds is 2. The maximum Gasteiger partial charge on any atom is 0.208 e. The summed E-state index contributed by atoms with van der Waals surface area (Å²) in [4.78, 5) is 3.91. The first-order valence-corrected chi connectivity index (χ1v) is 2.83. The molecule has 1 aromatic rings. The highest BCUT2D eigenvalue weighted by molar-refractivity contribution is 5.55. The van der Waals surface area contributed by atoms with Crippen LogP contribution in [0, 0.1) is 0 Å². The lowest BCUT2D eigenvalue weighted by molar-refractivity contribution is 0.497. The molecule has 1 aromatic heterocycles. The summed E-state index contributed by atoms with van der Waals surface area (Å²) < 4.78 is 4.90. The predicted octanol–water partition coefficient (Wildman–Crippen LogP) is 0.0627. The Morgan fingerprint density at radius 2 is 2.50 bits per heavy atom. The van der Waals surface area contributed by atoms with Gasteiger partial charge in [0.15, 0.2) is 0 Å². The van der Waals surface area contributed by atoms with Gasteiger partial charge in [-0.15, -0.1) is 0 Å². The number of hydrogen-bond acceptors (Lipinski definition) is 4. The monoisotopic (exact) mass is 139 g/mol. The largest absolute Gasteiger partial charge is 0.447 e. The fraction of sp³-hybridized carbons (Fsp3) is 0.167. The van der Waals surface area contributed by atoms with Gasteiger partial charge in [0.25, 0.3) is 0 Å². The Bertz CT molecular complexity index is 241. The van der Waals surface area contributed by atoms with Crippen molar-refractivity contribution in [2.75, 3.05) is 0 Å². The SMILES string of the molecule is C=C(N)c1coc(CN)n1. The van der Waals surface area contributed by atoms with Crippen LogP contribution in [0.25, 0.3) is 5.70 Å². The third kappa shape index (κ3) is 1.16. The average molecular weight is 139 g/mol.